The van der Waals surface area contributed by atoms with Crippen LogP contribution in [0.25, 0.3) is 10.9 Å². The second-order valence-electron chi connectivity index (χ2n) is 8.61. The summed E-state index contributed by atoms with van der Waals surface area (Å²) in [6.07, 6.45) is 4.75. The standard InChI is InChI=1S/C27H24N4O4S/c32-26(30-15-17-31(18-16-30)27(33)23-10-13-28-14-11-23)22-8-6-20(7-9-22)19-36(34,35)24-5-1-3-21-4-2-12-29-25(21)24/h1-14H,15-19H2. The fraction of sp³-hybridized carbons (Fsp3) is 0.185. The molecule has 2 amide bonds. The predicted octanol–water partition coefficient (Wildman–Crippen LogP) is 3.20. The van der Waals surface area contributed by atoms with Crippen LogP contribution < -0.4 is 0 Å². The predicted molar refractivity (Wildman–Crippen MR) is 135 cm³/mol. The maximum Gasteiger partial charge on any atom is 0.254 e. The van der Waals surface area contributed by atoms with Crippen LogP contribution in [0.3, 0.4) is 0 Å². The molecule has 9 heteroatoms. The van der Waals surface area contributed by atoms with E-state index in [1.165, 1.54) is 0 Å². The third-order valence-corrected chi connectivity index (χ3v) is 7.98. The Balaban J connectivity index is 1.23. The molecule has 1 aliphatic heterocycles. The van der Waals surface area contributed by atoms with Crippen molar-refractivity contribution in [3.05, 3.63) is 102 Å². The highest BCUT2D eigenvalue weighted by atomic mass is 32.2. The number of para-hydroxylation sites is 1. The molecule has 36 heavy (non-hydrogen) atoms. The number of nitrogens with zero attached hydrogens (tertiary/aromatic N) is 4. The Kier molecular flexibility index (Phi) is 6.47. The van der Waals surface area contributed by atoms with Crippen molar-refractivity contribution in [2.24, 2.45) is 0 Å². The summed E-state index contributed by atoms with van der Waals surface area (Å²) in [5, 5.41) is 0.766. The van der Waals surface area contributed by atoms with Crippen LogP contribution in [0.15, 0.2) is 90.2 Å². The van der Waals surface area contributed by atoms with E-state index in [2.05, 4.69) is 9.97 Å². The molecule has 0 spiro atoms. The monoisotopic (exact) mass is 500 g/mol. The van der Waals surface area contributed by atoms with Crippen LogP contribution >= 0.6 is 0 Å². The van der Waals surface area contributed by atoms with Gasteiger partial charge in [0.2, 0.25) is 0 Å². The summed E-state index contributed by atoms with van der Waals surface area (Å²) >= 11 is 0. The second kappa shape index (κ2) is 9.87. The van der Waals surface area contributed by atoms with Crippen molar-refractivity contribution in [1.82, 2.24) is 19.8 Å². The molecule has 0 aliphatic carbocycles. The molecule has 4 aromatic rings. The number of aromatic nitrogens is 2. The largest absolute Gasteiger partial charge is 0.335 e. The van der Waals surface area contributed by atoms with Crippen LogP contribution in [0.1, 0.15) is 26.3 Å². The van der Waals surface area contributed by atoms with Gasteiger partial charge in [-0.3, -0.25) is 19.6 Å². The normalized spacial score (nSPS) is 14.1. The van der Waals surface area contributed by atoms with E-state index in [1.54, 1.807) is 83.0 Å². The van der Waals surface area contributed by atoms with E-state index in [-0.39, 0.29) is 22.5 Å². The number of rotatable bonds is 5. The van der Waals surface area contributed by atoms with E-state index >= 15 is 0 Å². The summed E-state index contributed by atoms with van der Waals surface area (Å²) in [7, 11) is -3.63. The Hall–Kier alpha value is -4.11. The van der Waals surface area contributed by atoms with Gasteiger partial charge in [0, 0.05) is 61.3 Å². The first-order chi connectivity index (χ1) is 17.4. The van der Waals surface area contributed by atoms with Crippen molar-refractivity contribution in [2.75, 3.05) is 26.2 Å². The highest BCUT2D eigenvalue weighted by Gasteiger charge is 2.26. The fourth-order valence-corrected chi connectivity index (χ4v) is 5.88. The van der Waals surface area contributed by atoms with Gasteiger partial charge in [-0.1, -0.05) is 30.3 Å². The summed E-state index contributed by atoms with van der Waals surface area (Å²) in [4.78, 5) is 37.4. The Morgan fingerprint density at radius 3 is 1.94 bits per heavy atom. The molecule has 1 saturated heterocycles. The molecule has 182 valence electrons. The molecule has 3 heterocycles. The molecule has 5 rings (SSSR count). The maximum absolute atomic E-state index is 13.1. The molecule has 1 aliphatic rings. The minimum Gasteiger partial charge on any atom is -0.335 e. The van der Waals surface area contributed by atoms with Gasteiger partial charge in [-0.15, -0.1) is 0 Å². The third kappa shape index (κ3) is 4.83. The van der Waals surface area contributed by atoms with Crippen molar-refractivity contribution in [1.29, 1.82) is 0 Å². The first-order valence-corrected chi connectivity index (χ1v) is 13.2. The second-order valence-corrected chi connectivity index (χ2v) is 10.6. The topological polar surface area (TPSA) is 101 Å². The van der Waals surface area contributed by atoms with E-state index in [9.17, 15) is 18.0 Å². The van der Waals surface area contributed by atoms with Crippen LogP contribution in [-0.4, -0.2) is 66.2 Å². The van der Waals surface area contributed by atoms with Gasteiger partial charge in [-0.25, -0.2) is 8.42 Å². The van der Waals surface area contributed by atoms with Gasteiger partial charge in [0.15, 0.2) is 9.84 Å². The highest BCUT2D eigenvalue weighted by molar-refractivity contribution is 7.90. The molecule has 0 saturated carbocycles. The van der Waals surface area contributed by atoms with Gasteiger partial charge in [0.1, 0.15) is 0 Å². The van der Waals surface area contributed by atoms with Crippen LogP contribution in [0.4, 0.5) is 0 Å². The zero-order valence-corrected chi connectivity index (χ0v) is 20.3. The van der Waals surface area contributed by atoms with E-state index < -0.39 is 9.84 Å². The quantitative estimate of drug-likeness (QED) is 0.417. The van der Waals surface area contributed by atoms with E-state index in [0.717, 1.165) is 5.39 Å². The third-order valence-electron chi connectivity index (χ3n) is 6.27. The number of amides is 2. The first kappa shape index (κ1) is 23.6. The van der Waals surface area contributed by atoms with Crippen molar-refractivity contribution in [3.63, 3.8) is 0 Å². The minimum atomic E-state index is -3.63. The van der Waals surface area contributed by atoms with Gasteiger partial charge < -0.3 is 9.80 Å². The average Bonchev–Trinajstić information content (AvgIpc) is 2.93. The number of hydrogen-bond acceptors (Lipinski definition) is 6. The van der Waals surface area contributed by atoms with Crippen molar-refractivity contribution in [3.8, 4) is 0 Å². The lowest BCUT2D eigenvalue weighted by molar-refractivity contribution is 0.0535. The molecule has 2 aromatic carbocycles. The van der Waals surface area contributed by atoms with Crippen molar-refractivity contribution in [2.45, 2.75) is 10.6 Å². The van der Waals surface area contributed by atoms with E-state index in [1.807, 2.05) is 12.1 Å². The Labute approximate surface area is 209 Å². The van der Waals surface area contributed by atoms with Gasteiger partial charge >= 0.3 is 0 Å². The molecule has 2 aromatic heterocycles. The lowest BCUT2D eigenvalue weighted by atomic mass is 10.1. The SMILES string of the molecule is O=C(c1ccncc1)N1CCN(C(=O)c2ccc(CS(=O)(=O)c3cccc4cccnc34)cc2)CC1. The van der Waals surface area contributed by atoms with Crippen LogP contribution in [0, 0.1) is 0 Å². The Bertz CT molecular complexity index is 1510. The molecule has 0 unspecified atom stereocenters. The van der Waals surface area contributed by atoms with Gasteiger partial charge in [-0.05, 0) is 42.0 Å². The summed E-state index contributed by atoms with van der Waals surface area (Å²) in [6.45, 7) is 1.75. The van der Waals surface area contributed by atoms with Gasteiger partial charge in [0.05, 0.1) is 16.2 Å². The summed E-state index contributed by atoms with van der Waals surface area (Å²) in [6, 6.07) is 18.7. The molecule has 8 nitrogen and oxygen atoms in total. The van der Waals surface area contributed by atoms with Gasteiger partial charge in [-0.2, -0.15) is 0 Å². The number of pyridine rings is 2. The lowest BCUT2D eigenvalue weighted by Gasteiger charge is -2.34. The lowest BCUT2D eigenvalue weighted by Crippen LogP contribution is -2.50. The number of carbonyl (C=O) groups excluding carboxylic acids is 2. The molecule has 1 fully saturated rings. The Morgan fingerprint density at radius 2 is 1.31 bits per heavy atom. The molecular weight excluding hydrogens is 476 g/mol. The number of hydrogen-bond donors (Lipinski definition) is 0. The number of sulfone groups is 1. The zero-order chi connectivity index (χ0) is 25.1. The first-order valence-electron chi connectivity index (χ1n) is 11.6. The summed E-state index contributed by atoms with van der Waals surface area (Å²) in [5.74, 6) is -0.400. The molecule has 0 N–H and O–H groups in total. The van der Waals surface area contributed by atoms with E-state index in [0.29, 0.717) is 48.4 Å². The summed E-state index contributed by atoms with van der Waals surface area (Å²) < 4.78 is 26.2. The molecule has 0 radical (unpaired) electrons. The van der Waals surface area contributed by atoms with Crippen LogP contribution in [0.2, 0.25) is 0 Å². The van der Waals surface area contributed by atoms with Crippen LogP contribution in [0.5, 0.6) is 0 Å². The maximum atomic E-state index is 13.1. The molecule has 0 atom stereocenters. The zero-order valence-electron chi connectivity index (χ0n) is 19.4. The highest BCUT2D eigenvalue weighted by Crippen LogP contribution is 2.24. The summed E-state index contributed by atoms with van der Waals surface area (Å²) in [5.41, 5.74) is 2.10. The van der Waals surface area contributed by atoms with Crippen molar-refractivity contribution < 1.29 is 18.0 Å². The number of benzene rings is 2. The van der Waals surface area contributed by atoms with E-state index in [4.69, 9.17) is 0 Å². The molecule has 0 bridgehead atoms. The van der Waals surface area contributed by atoms with Crippen molar-refractivity contribution >= 4 is 32.6 Å². The van der Waals surface area contributed by atoms with Gasteiger partial charge in [0.25, 0.3) is 11.8 Å². The Morgan fingerprint density at radius 1 is 0.722 bits per heavy atom. The van der Waals surface area contributed by atoms with Crippen LogP contribution in [-0.2, 0) is 15.6 Å². The minimum absolute atomic E-state index is 0.0727. The smallest absolute Gasteiger partial charge is 0.254 e. The molecular formula is C27H24N4O4S. The average molecular weight is 501 g/mol. The fourth-order valence-electron chi connectivity index (χ4n) is 4.34. The number of carbonyl (C=O) groups is 2. The number of fused-ring (bicyclic) bond motifs is 1. The number of piperazine rings is 1.